The fourth-order valence-electron chi connectivity index (χ4n) is 1.73. The molecule has 0 radical (unpaired) electrons. The number of nitro groups is 1. The average molecular weight is 353 g/mol. The minimum atomic E-state index is -0.566. The molecule has 1 N–H and O–H groups in total. The van der Waals surface area contributed by atoms with Crippen LogP contribution in [0.4, 0.5) is 15.8 Å². The van der Waals surface area contributed by atoms with Gasteiger partial charge in [0, 0.05) is 11.6 Å². The number of nitrogens with one attached hydrogen (secondary N) is 1. The minimum absolute atomic E-state index is 0.0936. The Balaban J connectivity index is 2.31. The van der Waals surface area contributed by atoms with Crippen molar-refractivity contribution in [2.45, 2.75) is 6.92 Å². The van der Waals surface area contributed by atoms with E-state index in [1.165, 1.54) is 24.3 Å². The fraction of sp³-hybridized carbons (Fsp3) is 0.0714. The number of anilines is 1. The third-order valence-corrected chi connectivity index (χ3v) is 3.39. The second-order valence-electron chi connectivity index (χ2n) is 4.36. The fourth-order valence-corrected chi connectivity index (χ4v) is 2.11. The van der Waals surface area contributed by atoms with Gasteiger partial charge in [0.25, 0.3) is 11.6 Å². The van der Waals surface area contributed by atoms with Gasteiger partial charge in [-0.25, -0.2) is 4.39 Å². The number of hydrogen-bond acceptors (Lipinski definition) is 3. The number of nitrogens with zero attached hydrogens (tertiary/aromatic N) is 1. The summed E-state index contributed by atoms with van der Waals surface area (Å²) < 4.78 is 13.3. The molecule has 0 heterocycles. The summed E-state index contributed by atoms with van der Waals surface area (Å²) in [5.41, 5.74) is 0.808. The lowest BCUT2D eigenvalue weighted by Crippen LogP contribution is -2.13. The van der Waals surface area contributed by atoms with E-state index in [0.717, 1.165) is 6.07 Å². The summed E-state index contributed by atoms with van der Waals surface area (Å²) in [7, 11) is 0. The lowest BCUT2D eigenvalue weighted by atomic mass is 10.1. The smallest absolute Gasteiger partial charge is 0.293 e. The number of nitro benzene ring substituents is 1. The Morgan fingerprint density at radius 3 is 2.62 bits per heavy atom. The molecule has 7 heteroatoms. The zero-order valence-electron chi connectivity index (χ0n) is 10.9. The van der Waals surface area contributed by atoms with E-state index >= 15 is 0 Å². The van der Waals surface area contributed by atoms with E-state index in [0.29, 0.717) is 5.56 Å². The number of rotatable bonds is 3. The normalized spacial score (nSPS) is 10.2. The Labute approximate surface area is 128 Å². The zero-order valence-corrected chi connectivity index (χ0v) is 12.5. The molecule has 0 bridgehead atoms. The van der Waals surface area contributed by atoms with Crippen molar-refractivity contribution in [3.8, 4) is 0 Å². The van der Waals surface area contributed by atoms with E-state index in [2.05, 4.69) is 21.2 Å². The van der Waals surface area contributed by atoms with Gasteiger partial charge in [0.15, 0.2) is 0 Å². The average Bonchev–Trinajstić information content (AvgIpc) is 2.43. The number of carbonyl (C=O) groups excluding carboxylic acids is 1. The summed E-state index contributed by atoms with van der Waals surface area (Å²) in [6.07, 6.45) is 0. The molecule has 2 aromatic rings. The van der Waals surface area contributed by atoms with Crippen molar-refractivity contribution in [1.29, 1.82) is 0 Å². The van der Waals surface area contributed by atoms with Crippen molar-refractivity contribution < 1.29 is 14.1 Å². The molecule has 0 unspecified atom stereocenters. The van der Waals surface area contributed by atoms with Gasteiger partial charge in [0.1, 0.15) is 11.5 Å². The number of benzene rings is 2. The summed E-state index contributed by atoms with van der Waals surface area (Å²) in [6.45, 7) is 1.72. The van der Waals surface area contributed by atoms with Crippen molar-refractivity contribution in [2.24, 2.45) is 0 Å². The quantitative estimate of drug-likeness (QED) is 0.668. The molecule has 0 spiro atoms. The van der Waals surface area contributed by atoms with Gasteiger partial charge in [-0.1, -0.05) is 6.07 Å². The molecule has 21 heavy (non-hydrogen) atoms. The summed E-state index contributed by atoms with van der Waals surface area (Å²) in [5.74, 6) is -1.05. The third kappa shape index (κ3) is 3.43. The van der Waals surface area contributed by atoms with Gasteiger partial charge in [-0.15, -0.1) is 0 Å². The first kappa shape index (κ1) is 15.1. The molecular formula is C14H10BrFN2O3. The van der Waals surface area contributed by atoms with E-state index in [4.69, 9.17) is 0 Å². The topological polar surface area (TPSA) is 72.2 Å². The second kappa shape index (κ2) is 6.01. The molecule has 0 aliphatic rings. The first-order valence-corrected chi connectivity index (χ1v) is 6.69. The molecule has 0 aromatic heterocycles. The maximum Gasteiger partial charge on any atom is 0.293 e. The van der Waals surface area contributed by atoms with Gasteiger partial charge in [-0.05, 0) is 52.7 Å². The molecule has 5 nitrogen and oxygen atoms in total. The molecule has 0 fully saturated rings. The van der Waals surface area contributed by atoms with Crippen LogP contribution in [0, 0.1) is 22.9 Å². The maximum absolute atomic E-state index is 13.1. The number of aryl methyl sites for hydroxylation is 1. The van der Waals surface area contributed by atoms with Gasteiger partial charge in [-0.3, -0.25) is 14.9 Å². The highest BCUT2D eigenvalue weighted by Crippen LogP contribution is 2.26. The van der Waals surface area contributed by atoms with Crippen molar-refractivity contribution in [2.75, 3.05) is 5.32 Å². The van der Waals surface area contributed by atoms with Crippen LogP contribution in [-0.2, 0) is 0 Å². The summed E-state index contributed by atoms with van der Waals surface area (Å²) in [4.78, 5) is 22.5. The minimum Gasteiger partial charge on any atom is -0.316 e. The molecule has 0 atom stereocenters. The van der Waals surface area contributed by atoms with Crippen LogP contribution in [-0.4, -0.2) is 10.8 Å². The summed E-state index contributed by atoms with van der Waals surface area (Å²) in [6, 6.07) is 8.24. The van der Waals surface area contributed by atoms with E-state index in [1.54, 1.807) is 13.0 Å². The van der Waals surface area contributed by atoms with Gasteiger partial charge in [-0.2, -0.15) is 0 Å². The summed E-state index contributed by atoms with van der Waals surface area (Å²) in [5, 5.41) is 13.4. The predicted octanol–water partition coefficient (Wildman–Crippen LogP) is 4.06. The first-order valence-electron chi connectivity index (χ1n) is 5.90. The Bertz CT molecular complexity index is 734. The van der Waals surface area contributed by atoms with Crippen LogP contribution >= 0.6 is 15.9 Å². The highest BCUT2D eigenvalue weighted by Gasteiger charge is 2.17. The molecular weight excluding hydrogens is 343 g/mol. The predicted molar refractivity (Wildman–Crippen MR) is 79.9 cm³/mol. The van der Waals surface area contributed by atoms with Gasteiger partial charge < -0.3 is 5.32 Å². The number of hydrogen-bond donors (Lipinski definition) is 1. The number of amides is 1. The highest BCUT2D eigenvalue weighted by molar-refractivity contribution is 9.10. The van der Waals surface area contributed by atoms with Crippen molar-refractivity contribution in [3.63, 3.8) is 0 Å². The molecule has 0 saturated carbocycles. The van der Waals surface area contributed by atoms with Crippen LogP contribution in [0.25, 0.3) is 0 Å². The van der Waals surface area contributed by atoms with Crippen LogP contribution in [0.2, 0.25) is 0 Å². The van der Waals surface area contributed by atoms with Crippen LogP contribution in [0.3, 0.4) is 0 Å². The number of carbonyl (C=O) groups is 1. The van der Waals surface area contributed by atoms with E-state index in [9.17, 15) is 19.3 Å². The summed E-state index contributed by atoms with van der Waals surface area (Å²) >= 11 is 2.98. The van der Waals surface area contributed by atoms with E-state index in [-0.39, 0.29) is 21.4 Å². The molecule has 0 saturated heterocycles. The van der Waals surface area contributed by atoms with E-state index in [1.807, 2.05) is 0 Å². The molecule has 2 rings (SSSR count). The lowest BCUT2D eigenvalue weighted by molar-refractivity contribution is -0.384. The Morgan fingerprint density at radius 1 is 1.29 bits per heavy atom. The van der Waals surface area contributed by atoms with Crippen LogP contribution in [0.1, 0.15) is 15.9 Å². The Hall–Kier alpha value is -2.28. The Kier molecular flexibility index (Phi) is 4.32. The van der Waals surface area contributed by atoms with Crippen molar-refractivity contribution >= 4 is 33.2 Å². The number of halogens is 2. The molecule has 108 valence electrons. The van der Waals surface area contributed by atoms with Gasteiger partial charge in [0.2, 0.25) is 0 Å². The first-order chi connectivity index (χ1) is 9.88. The standard InChI is InChI=1S/C14H10BrFN2O3/c1-8-2-5-12(13(6-8)18(20)21)17-14(19)9-3-4-11(16)10(15)7-9/h2-7H,1H3,(H,17,19). The lowest BCUT2D eigenvalue weighted by Gasteiger charge is -2.07. The monoisotopic (exact) mass is 352 g/mol. The van der Waals surface area contributed by atoms with Gasteiger partial charge in [0.05, 0.1) is 9.40 Å². The highest BCUT2D eigenvalue weighted by atomic mass is 79.9. The van der Waals surface area contributed by atoms with Crippen LogP contribution < -0.4 is 5.32 Å². The SMILES string of the molecule is Cc1ccc(NC(=O)c2ccc(F)c(Br)c2)c([N+](=O)[O-])c1. The molecule has 0 aliphatic heterocycles. The van der Waals surface area contributed by atoms with Gasteiger partial charge >= 0.3 is 0 Å². The Morgan fingerprint density at radius 2 is 2.00 bits per heavy atom. The van der Waals surface area contributed by atoms with Crippen LogP contribution in [0.15, 0.2) is 40.9 Å². The molecule has 0 aliphatic carbocycles. The van der Waals surface area contributed by atoms with Crippen molar-refractivity contribution in [1.82, 2.24) is 0 Å². The molecule has 2 aromatic carbocycles. The zero-order chi connectivity index (χ0) is 15.6. The molecule has 1 amide bonds. The van der Waals surface area contributed by atoms with Crippen LogP contribution in [0.5, 0.6) is 0 Å². The van der Waals surface area contributed by atoms with Crippen molar-refractivity contribution in [3.05, 3.63) is 67.9 Å². The largest absolute Gasteiger partial charge is 0.316 e. The maximum atomic E-state index is 13.1. The third-order valence-electron chi connectivity index (χ3n) is 2.78. The van der Waals surface area contributed by atoms with E-state index < -0.39 is 16.6 Å². The second-order valence-corrected chi connectivity index (χ2v) is 5.22.